The van der Waals surface area contributed by atoms with Crippen LogP contribution in [-0.2, 0) is 10.3 Å². The largest absolute Gasteiger partial charge is 0.353 e. The van der Waals surface area contributed by atoms with E-state index < -0.39 is 5.54 Å². The molecule has 0 aliphatic rings. The molecule has 3 nitrogen and oxygen atoms in total. The smallest absolute Gasteiger partial charge is 0.244 e. The normalized spacial score (nSPS) is 15.0. The molecule has 1 aromatic rings. The molecule has 0 radical (unpaired) electrons. The third-order valence-electron chi connectivity index (χ3n) is 2.87. The highest BCUT2D eigenvalue weighted by atomic mass is 79.9. The molecule has 1 aromatic carbocycles. The molecule has 0 bridgehead atoms. The molecule has 0 aromatic heterocycles. The molecule has 3 N–H and O–H groups in total. The number of thioether (sulfide) groups is 1. The van der Waals surface area contributed by atoms with Crippen LogP contribution in [0.15, 0.2) is 28.7 Å². The van der Waals surface area contributed by atoms with Crippen molar-refractivity contribution in [2.45, 2.75) is 24.6 Å². The summed E-state index contributed by atoms with van der Waals surface area (Å²) in [5.74, 6) is -0.147. The molecule has 0 spiro atoms. The van der Waals surface area contributed by atoms with E-state index in [9.17, 15) is 4.79 Å². The molecule has 2 atom stereocenters. The summed E-state index contributed by atoms with van der Waals surface area (Å²) < 4.78 is 0.971. The zero-order valence-corrected chi connectivity index (χ0v) is 14.5. The Morgan fingerprint density at radius 2 is 2.00 bits per heavy atom. The summed E-state index contributed by atoms with van der Waals surface area (Å²) >= 11 is 5.08. The number of nitrogens with two attached hydrogens (primary N) is 1. The summed E-state index contributed by atoms with van der Waals surface area (Å²) in [6, 6.07) is 7.50. The standard InChI is InChI=1S/C13H19BrN2OS.ClH/c1-9(18-3)8-16-12(17)13(2,15)10-4-6-11(14)7-5-10;/h4-7,9H,8,15H2,1-3H3,(H,16,17);1H. The topological polar surface area (TPSA) is 55.1 Å². The summed E-state index contributed by atoms with van der Waals surface area (Å²) in [4.78, 5) is 12.1. The predicted molar refractivity (Wildman–Crippen MR) is 88.9 cm³/mol. The minimum absolute atomic E-state index is 0. The Labute approximate surface area is 133 Å². The van der Waals surface area contributed by atoms with Gasteiger partial charge in [-0.2, -0.15) is 11.8 Å². The van der Waals surface area contributed by atoms with E-state index >= 15 is 0 Å². The van der Waals surface area contributed by atoms with Gasteiger partial charge in [-0.25, -0.2) is 0 Å². The number of hydrogen-bond acceptors (Lipinski definition) is 3. The highest BCUT2D eigenvalue weighted by molar-refractivity contribution is 9.10. The van der Waals surface area contributed by atoms with Crippen LogP contribution >= 0.6 is 40.1 Å². The van der Waals surface area contributed by atoms with Crippen LogP contribution in [0.5, 0.6) is 0 Å². The first-order valence-electron chi connectivity index (χ1n) is 5.74. The van der Waals surface area contributed by atoms with Gasteiger partial charge in [-0.15, -0.1) is 12.4 Å². The quantitative estimate of drug-likeness (QED) is 0.841. The molecule has 6 heteroatoms. The first-order valence-corrected chi connectivity index (χ1v) is 7.82. The maximum absolute atomic E-state index is 12.1. The van der Waals surface area contributed by atoms with Crippen molar-refractivity contribution in [2.24, 2.45) is 5.73 Å². The highest BCUT2D eigenvalue weighted by Gasteiger charge is 2.30. The maximum atomic E-state index is 12.1. The van der Waals surface area contributed by atoms with Crippen molar-refractivity contribution in [2.75, 3.05) is 12.8 Å². The van der Waals surface area contributed by atoms with Crippen molar-refractivity contribution in [3.63, 3.8) is 0 Å². The Kier molecular flexibility index (Phi) is 8.05. The molecule has 1 rings (SSSR count). The molecule has 0 fully saturated rings. The predicted octanol–water partition coefficient (Wildman–Crippen LogP) is 2.91. The van der Waals surface area contributed by atoms with E-state index in [1.807, 2.05) is 30.5 Å². The Bertz CT molecular complexity index is 412. The Hall–Kier alpha value is -0.230. The van der Waals surface area contributed by atoms with Gasteiger partial charge in [0.05, 0.1) is 0 Å². The Morgan fingerprint density at radius 3 is 2.47 bits per heavy atom. The van der Waals surface area contributed by atoms with Gasteiger partial charge in [0.1, 0.15) is 5.54 Å². The van der Waals surface area contributed by atoms with Crippen LogP contribution in [0.4, 0.5) is 0 Å². The van der Waals surface area contributed by atoms with E-state index in [2.05, 4.69) is 28.2 Å². The third-order valence-corrected chi connectivity index (χ3v) is 4.37. The number of hydrogen-bond donors (Lipinski definition) is 2. The average Bonchev–Trinajstić information content (AvgIpc) is 2.35. The third kappa shape index (κ3) is 5.34. The van der Waals surface area contributed by atoms with Crippen molar-refractivity contribution in [3.05, 3.63) is 34.3 Å². The number of amides is 1. The molecule has 0 aliphatic carbocycles. The Morgan fingerprint density at radius 1 is 1.47 bits per heavy atom. The lowest BCUT2D eigenvalue weighted by atomic mass is 9.92. The number of carbonyl (C=O) groups excluding carboxylic acids is 1. The molecule has 0 aliphatic heterocycles. The number of rotatable bonds is 5. The number of benzene rings is 1. The van der Waals surface area contributed by atoms with Crippen LogP contribution in [0.3, 0.4) is 0 Å². The maximum Gasteiger partial charge on any atom is 0.244 e. The second kappa shape index (κ2) is 8.15. The van der Waals surface area contributed by atoms with Crippen LogP contribution in [0.1, 0.15) is 19.4 Å². The van der Waals surface area contributed by atoms with E-state index in [0.29, 0.717) is 11.8 Å². The second-order valence-electron chi connectivity index (χ2n) is 4.47. The van der Waals surface area contributed by atoms with Crippen molar-refractivity contribution < 1.29 is 4.79 Å². The molecular formula is C13H20BrClN2OS. The molecule has 1 amide bonds. The fourth-order valence-corrected chi connectivity index (χ4v) is 1.94. The highest BCUT2D eigenvalue weighted by Crippen LogP contribution is 2.20. The molecule has 0 saturated heterocycles. The minimum Gasteiger partial charge on any atom is -0.353 e. The molecule has 19 heavy (non-hydrogen) atoms. The number of carbonyl (C=O) groups is 1. The Balaban J connectivity index is 0.00000324. The molecule has 2 unspecified atom stereocenters. The molecule has 0 heterocycles. The van der Waals surface area contributed by atoms with Gasteiger partial charge in [-0.1, -0.05) is 35.0 Å². The number of nitrogens with one attached hydrogen (secondary N) is 1. The first-order chi connectivity index (χ1) is 8.37. The van der Waals surface area contributed by atoms with Gasteiger partial charge < -0.3 is 11.1 Å². The lowest BCUT2D eigenvalue weighted by Gasteiger charge is -2.25. The van der Waals surface area contributed by atoms with E-state index in [0.717, 1.165) is 10.0 Å². The fourth-order valence-electron chi connectivity index (χ4n) is 1.43. The van der Waals surface area contributed by atoms with Gasteiger partial charge in [-0.3, -0.25) is 4.79 Å². The van der Waals surface area contributed by atoms with Crippen LogP contribution in [0, 0.1) is 0 Å². The lowest BCUT2D eigenvalue weighted by Crippen LogP contribution is -2.50. The van der Waals surface area contributed by atoms with E-state index in [-0.39, 0.29) is 18.3 Å². The van der Waals surface area contributed by atoms with Gasteiger partial charge in [-0.05, 0) is 30.9 Å². The zero-order chi connectivity index (χ0) is 13.8. The summed E-state index contributed by atoms with van der Waals surface area (Å²) in [5, 5.41) is 3.27. The number of halogens is 2. The van der Waals surface area contributed by atoms with Crippen LogP contribution in [0.25, 0.3) is 0 Å². The van der Waals surface area contributed by atoms with E-state index in [4.69, 9.17) is 5.73 Å². The minimum atomic E-state index is -1.00. The molecular weight excluding hydrogens is 348 g/mol. The lowest BCUT2D eigenvalue weighted by molar-refractivity contribution is -0.126. The summed E-state index contributed by atoms with van der Waals surface area (Å²) in [6.07, 6.45) is 2.02. The van der Waals surface area contributed by atoms with Crippen molar-refractivity contribution in [1.82, 2.24) is 5.32 Å². The summed E-state index contributed by atoms with van der Waals surface area (Å²) in [5.41, 5.74) is 5.93. The van der Waals surface area contributed by atoms with E-state index in [1.165, 1.54) is 0 Å². The van der Waals surface area contributed by atoms with Crippen LogP contribution in [0.2, 0.25) is 0 Å². The summed E-state index contributed by atoms with van der Waals surface area (Å²) in [7, 11) is 0. The van der Waals surface area contributed by atoms with Gasteiger partial charge >= 0.3 is 0 Å². The zero-order valence-electron chi connectivity index (χ0n) is 11.3. The van der Waals surface area contributed by atoms with Crippen molar-refractivity contribution >= 4 is 46.0 Å². The van der Waals surface area contributed by atoms with Gasteiger partial charge in [0.15, 0.2) is 0 Å². The van der Waals surface area contributed by atoms with Crippen molar-refractivity contribution in [1.29, 1.82) is 0 Å². The summed E-state index contributed by atoms with van der Waals surface area (Å²) in [6.45, 7) is 4.43. The van der Waals surface area contributed by atoms with E-state index in [1.54, 1.807) is 18.7 Å². The first kappa shape index (κ1) is 18.8. The van der Waals surface area contributed by atoms with Crippen LogP contribution in [-0.4, -0.2) is 24.0 Å². The molecule has 0 saturated carbocycles. The second-order valence-corrected chi connectivity index (χ2v) is 6.66. The average molecular weight is 368 g/mol. The van der Waals surface area contributed by atoms with Gasteiger partial charge in [0, 0.05) is 16.3 Å². The molecule has 108 valence electrons. The van der Waals surface area contributed by atoms with Crippen LogP contribution < -0.4 is 11.1 Å². The SMILES string of the molecule is CSC(C)CNC(=O)C(C)(N)c1ccc(Br)cc1.Cl. The fraction of sp³-hybridized carbons (Fsp3) is 0.462. The van der Waals surface area contributed by atoms with Gasteiger partial charge in [0.2, 0.25) is 5.91 Å². The van der Waals surface area contributed by atoms with Crippen molar-refractivity contribution in [3.8, 4) is 0 Å². The van der Waals surface area contributed by atoms with Gasteiger partial charge in [0.25, 0.3) is 0 Å². The monoisotopic (exact) mass is 366 g/mol.